The highest BCUT2D eigenvalue weighted by Gasteiger charge is 2.47. The van der Waals surface area contributed by atoms with Gasteiger partial charge >= 0.3 is 12.3 Å². The van der Waals surface area contributed by atoms with E-state index >= 15 is 0 Å². The van der Waals surface area contributed by atoms with Crippen LogP contribution in [-0.2, 0) is 4.74 Å². The highest BCUT2D eigenvalue weighted by Crippen LogP contribution is 2.40. The number of rotatable bonds is 7. The normalized spacial score (nSPS) is 12.5. The standard InChI is InChI=1S/C27H27ClF3N3O3/c1-26(2,3)37-25(36)33-16-17-34(22(27(29,30)31)19-12-8-5-9-13-19)24(35)21-20(14-15-32-23(21)28)18-10-6-4-7-11-18/h4-15,22H,16-17H2,1-3H3,(H,33,36). The summed E-state index contributed by atoms with van der Waals surface area (Å²) in [4.78, 5) is 30.6. The van der Waals surface area contributed by atoms with Crippen molar-refractivity contribution in [2.45, 2.75) is 38.6 Å². The Hall–Kier alpha value is -3.59. The van der Waals surface area contributed by atoms with Crippen LogP contribution in [0.3, 0.4) is 0 Å². The van der Waals surface area contributed by atoms with Crippen molar-refractivity contribution in [3.63, 3.8) is 0 Å². The molecule has 0 aliphatic heterocycles. The molecule has 0 spiro atoms. The number of pyridine rings is 1. The number of hydrogen-bond acceptors (Lipinski definition) is 4. The van der Waals surface area contributed by atoms with Crippen LogP contribution in [0.25, 0.3) is 11.1 Å². The number of carbonyl (C=O) groups excluding carboxylic acids is 2. The summed E-state index contributed by atoms with van der Waals surface area (Å²) in [6.45, 7) is 4.21. The number of alkyl carbamates (subject to hydrolysis) is 1. The summed E-state index contributed by atoms with van der Waals surface area (Å²) in [7, 11) is 0. The van der Waals surface area contributed by atoms with E-state index in [0.717, 1.165) is 0 Å². The van der Waals surface area contributed by atoms with Gasteiger partial charge in [-0.1, -0.05) is 72.3 Å². The number of halogens is 4. The number of alkyl halides is 3. The molecule has 10 heteroatoms. The van der Waals surface area contributed by atoms with E-state index in [4.69, 9.17) is 16.3 Å². The van der Waals surface area contributed by atoms with E-state index in [0.29, 0.717) is 16.0 Å². The van der Waals surface area contributed by atoms with Crippen molar-refractivity contribution in [3.05, 3.63) is 89.2 Å². The van der Waals surface area contributed by atoms with Crippen molar-refractivity contribution in [2.75, 3.05) is 13.1 Å². The smallest absolute Gasteiger partial charge is 0.413 e. The second kappa shape index (κ2) is 11.6. The van der Waals surface area contributed by atoms with E-state index in [9.17, 15) is 22.8 Å². The third-order valence-electron chi connectivity index (χ3n) is 5.22. The van der Waals surface area contributed by atoms with E-state index in [1.165, 1.54) is 36.5 Å². The van der Waals surface area contributed by atoms with Gasteiger partial charge in [-0.3, -0.25) is 4.79 Å². The molecule has 0 aliphatic rings. The molecule has 2 aromatic carbocycles. The Morgan fingerprint density at radius 2 is 1.59 bits per heavy atom. The Kier molecular flexibility index (Phi) is 8.81. The van der Waals surface area contributed by atoms with Gasteiger partial charge in [-0.15, -0.1) is 0 Å². The summed E-state index contributed by atoms with van der Waals surface area (Å²) >= 11 is 6.31. The number of nitrogens with zero attached hydrogens (tertiary/aromatic N) is 2. The highest BCUT2D eigenvalue weighted by molar-refractivity contribution is 6.33. The topological polar surface area (TPSA) is 71.5 Å². The van der Waals surface area contributed by atoms with Gasteiger partial charge in [-0.2, -0.15) is 13.2 Å². The van der Waals surface area contributed by atoms with Crippen molar-refractivity contribution in [1.29, 1.82) is 0 Å². The van der Waals surface area contributed by atoms with Gasteiger partial charge in [-0.05, 0) is 43.5 Å². The molecule has 0 radical (unpaired) electrons. The number of ether oxygens (including phenoxy) is 1. The maximum Gasteiger partial charge on any atom is 0.413 e. The summed E-state index contributed by atoms with van der Waals surface area (Å²) in [5.41, 5.74) is -0.180. The maximum atomic E-state index is 14.5. The molecule has 6 nitrogen and oxygen atoms in total. The van der Waals surface area contributed by atoms with Crippen LogP contribution in [0, 0.1) is 0 Å². The van der Waals surface area contributed by atoms with Gasteiger partial charge in [0.15, 0.2) is 6.04 Å². The number of nitrogens with one attached hydrogen (secondary N) is 1. The van der Waals surface area contributed by atoms with Crippen LogP contribution in [0.4, 0.5) is 18.0 Å². The second-order valence-electron chi connectivity index (χ2n) is 9.17. The number of hydrogen-bond donors (Lipinski definition) is 1. The fraction of sp³-hybridized carbons (Fsp3) is 0.296. The molecular weight excluding hydrogens is 507 g/mol. The first-order valence-electron chi connectivity index (χ1n) is 11.5. The number of amides is 2. The Labute approximate surface area is 218 Å². The van der Waals surface area contributed by atoms with Crippen LogP contribution >= 0.6 is 11.6 Å². The molecule has 1 aromatic heterocycles. The van der Waals surface area contributed by atoms with Crippen LogP contribution in [0.5, 0.6) is 0 Å². The molecule has 2 amide bonds. The molecular formula is C27H27ClF3N3O3. The average Bonchev–Trinajstić information content (AvgIpc) is 2.82. The Morgan fingerprint density at radius 3 is 2.16 bits per heavy atom. The zero-order valence-corrected chi connectivity index (χ0v) is 21.3. The molecule has 3 rings (SSSR count). The molecule has 0 fully saturated rings. The first kappa shape index (κ1) is 28.0. The molecule has 0 aliphatic carbocycles. The molecule has 1 unspecified atom stereocenters. The third kappa shape index (κ3) is 7.45. The van der Waals surface area contributed by atoms with Crippen molar-refractivity contribution in [2.24, 2.45) is 0 Å². The summed E-state index contributed by atoms with van der Waals surface area (Å²) in [6.07, 6.45) is -4.26. The predicted octanol–water partition coefficient (Wildman–Crippen LogP) is 6.67. The lowest BCUT2D eigenvalue weighted by atomic mass is 9.98. The van der Waals surface area contributed by atoms with Crippen molar-refractivity contribution >= 4 is 23.6 Å². The van der Waals surface area contributed by atoms with Gasteiger partial charge in [0.1, 0.15) is 10.8 Å². The van der Waals surface area contributed by atoms with E-state index in [1.807, 2.05) is 0 Å². The molecule has 37 heavy (non-hydrogen) atoms. The minimum Gasteiger partial charge on any atom is -0.444 e. The van der Waals surface area contributed by atoms with E-state index in [-0.39, 0.29) is 22.8 Å². The number of benzene rings is 2. The fourth-order valence-electron chi connectivity index (χ4n) is 3.76. The molecule has 3 aromatic rings. The summed E-state index contributed by atoms with van der Waals surface area (Å²) in [5, 5.41) is 2.19. The van der Waals surface area contributed by atoms with Crippen LogP contribution in [-0.4, -0.2) is 46.8 Å². The van der Waals surface area contributed by atoms with Crippen LogP contribution < -0.4 is 5.32 Å². The minimum atomic E-state index is -4.83. The lowest BCUT2D eigenvalue weighted by Crippen LogP contribution is -2.46. The molecule has 0 bridgehead atoms. The van der Waals surface area contributed by atoms with Crippen molar-refractivity contribution in [1.82, 2.24) is 15.2 Å². The fourth-order valence-corrected chi connectivity index (χ4v) is 4.00. The highest BCUT2D eigenvalue weighted by atomic mass is 35.5. The molecule has 0 saturated heterocycles. The molecule has 1 N–H and O–H groups in total. The summed E-state index contributed by atoms with van der Waals surface area (Å²) < 4.78 is 48.7. The molecule has 1 atom stereocenters. The first-order valence-corrected chi connectivity index (χ1v) is 11.9. The Balaban J connectivity index is 2.05. The van der Waals surface area contributed by atoms with Gasteiger partial charge in [0, 0.05) is 19.3 Å². The average molecular weight is 534 g/mol. The van der Waals surface area contributed by atoms with Gasteiger partial charge in [-0.25, -0.2) is 9.78 Å². The predicted molar refractivity (Wildman–Crippen MR) is 135 cm³/mol. The minimum absolute atomic E-state index is 0.137. The van der Waals surface area contributed by atoms with Crippen LogP contribution in [0.1, 0.15) is 42.7 Å². The largest absolute Gasteiger partial charge is 0.444 e. The van der Waals surface area contributed by atoms with Crippen LogP contribution in [0.2, 0.25) is 5.15 Å². The van der Waals surface area contributed by atoms with Crippen LogP contribution in [0.15, 0.2) is 72.9 Å². The number of carbonyl (C=O) groups is 2. The summed E-state index contributed by atoms with van der Waals surface area (Å²) in [5.74, 6) is -0.978. The lowest BCUT2D eigenvalue weighted by Gasteiger charge is -2.34. The third-order valence-corrected chi connectivity index (χ3v) is 5.51. The first-order chi connectivity index (χ1) is 17.4. The zero-order valence-electron chi connectivity index (χ0n) is 20.6. The monoisotopic (exact) mass is 533 g/mol. The van der Waals surface area contributed by atoms with E-state index in [1.54, 1.807) is 57.2 Å². The summed E-state index contributed by atoms with van der Waals surface area (Å²) in [6, 6.07) is 15.0. The van der Waals surface area contributed by atoms with Crippen molar-refractivity contribution < 1.29 is 27.5 Å². The van der Waals surface area contributed by atoms with Gasteiger partial charge < -0.3 is 15.0 Å². The quantitative estimate of drug-likeness (QED) is 0.344. The zero-order chi connectivity index (χ0) is 27.2. The van der Waals surface area contributed by atoms with E-state index in [2.05, 4.69) is 10.3 Å². The Morgan fingerprint density at radius 1 is 1.00 bits per heavy atom. The molecule has 0 saturated carbocycles. The SMILES string of the molecule is CC(C)(C)OC(=O)NCCN(C(=O)c1c(-c2ccccc2)ccnc1Cl)C(c1ccccc1)C(F)(F)F. The second-order valence-corrected chi connectivity index (χ2v) is 9.53. The van der Waals surface area contributed by atoms with Crippen molar-refractivity contribution in [3.8, 4) is 11.1 Å². The Bertz CT molecular complexity index is 1220. The van der Waals surface area contributed by atoms with Gasteiger partial charge in [0.2, 0.25) is 0 Å². The maximum absolute atomic E-state index is 14.5. The van der Waals surface area contributed by atoms with Gasteiger partial charge in [0.05, 0.1) is 5.56 Å². The molecule has 196 valence electrons. The van der Waals surface area contributed by atoms with Gasteiger partial charge in [0.25, 0.3) is 5.91 Å². The number of aromatic nitrogens is 1. The lowest BCUT2D eigenvalue weighted by molar-refractivity contribution is -0.179. The molecule has 1 heterocycles. The van der Waals surface area contributed by atoms with E-state index < -0.39 is 36.4 Å².